The van der Waals surface area contributed by atoms with E-state index in [1.807, 2.05) is 0 Å². The fourth-order valence-corrected chi connectivity index (χ4v) is 2.31. The van der Waals surface area contributed by atoms with Crippen LogP contribution in [-0.2, 0) is 0 Å². The van der Waals surface area contributed by atoms with Crippen molar-refractivity contribution < 1.29 is 0 Å². The fourth-order valence-electron chi connectivity index (χ4n) is 2.31. The van der Waals surface area contributed by atoms with Crippen molar-refractivity contribution in [2.75, 3.05) is 0 Å². The fraction of sp³-hybridized carbons (Fsp3) is 0.778. The molecule has 11 heavy (non-hydrogen) atoms. The highest BCUT2D eigenvalue weighted by atomic mass is 15.2. The second kappa shape index (κ2) is 2.16. The Bertz CT molecular complexity index is 212. The summed E-state index contributed by atoms with van der Waals surface area (Å²) < 4.78 is 0. The molecule has 1 heterocycles. The lowest BCUT2D eigenvalue weighted by Gasteiger charge is -2.22. The van der Waals surface area contributed by atoms with E-state index >= 15 is 0 Å². The largest absolute Gasteiger partial charge is 0.159 e. The van der Waals surface area contributed by atoms with Crippen LogP contribution >= 0.6 is 0 Å². The summed E-state index contributed by atoms with van der Waals surface area (Å²) in [5.74, 6) is 0. The molecule has 0 unspecified atom stereocenters. The lowest BCUT2D eigenvalue weighted by atomic mass is 9.78. The predicted molar refractivity (Wildman–Crippen MR) is 47.1 cm³/mol. The molecule has 0 amide bonds. The van der Waals surface area contributed by atoms with E-state index in [-0.39, 0.29) is 0 Å². The molecular weight excluding hydrogens is 136 g/mol. The van der Waals surface area contributed by atoms with Crippen molar-refractivity contribution in [2.45, 2.75) is 39.5 Å². The van der Waals surface area contributed by atoms with Crippen molar-refractivity contribution in [2.24, 2.45) is 15.6 Å². The molecule has 0 aromatic rings. The summed E-state index contributed by atoms with van der Waals surface area (Å²) in [4.78, 5) is 0. The van der Waals surface area contributed by atoms with E-state index < -0.39 is 0 Å². The van der Waals surface area contributed by atoms with Gasteiger partial charge in [0.05, 0.1) is 5.41 Å². The summed E-state index contributed by atoms with van der Waals surface area (Å²) in [6.07, 6.45) is 5.24. The highest BCUT2D eigenvalue weighted by Gasteiger charge is 2.42. The van der Waals surface area contributed by atoms with E-state index in [2.05, 4.69) is 24.1 Å². The van der Waals surface area contributed by atoms with Crippen molar-refractivity contribution >= 4 is 11.4 Å². The van der Waals surface area contributed by atoms with Crippen LogP contribution in [0, 0.1) is 5.41 Å². The van der Waals surface area contributed by atoms with E-state index in [1.54, 1.807) is 0 Å². The summed E-state index contributed by atoms with van der Waals surface area (Å²) in [7, 11) is 0. The molecule has 2 aliphatic rings. The van der Waals surface area contributed by atoms with Gasteiger partial charge in [-0.25, -0.2) is 0 Å². The van der Waals surface area contributed by atoms with Crippen LogP contribution in [0.4, 0.5) is 0 Å². The van der Waals surface area contributed by atoms with Gasteiger partial charge in [-0.15, -0.1) is 0 Å². The molecule has 1 spiro atoms. The smallest absolute Gasteiger partial charge is 0.0501 e. The summed E-state index contributed by atoms with van der Waals surface area (Å²) in [5, 5.41) is 8.31. The van der Waals surface area contributed by atoms with E-state index in [9.17, 15) is 0 Å². The van der Waals surface area contributed by atoms with Crippen LogP contribution in [0.3, 0.4) is 0 Å². The van der Waals surface area contributed by atoms with Crippen molar-refractivity contribution in [1.82, 2.24) is 0 Å². The summed E-state index contributed by atoms with van der Waals surface area (Å²) in [6, 6.07) is 0. The number of nitrogens with zero attached hydrogens (tertiary/aromatic N) is 2. The molecule has 2 rings (SSSR count). The maximum absolute atomic E-state index is 4.16. The summed E-state index contributed by atoms with van der Waals surface area (Å²) >= 11 is 0. The molecule has 1 aliphatic heterocycles. The Morgan fingerprint density at radius 3 is 1.91 bits per heavy atom. The van der Waals surface area contributed by atoms with Gasteiger partial charge in [-0.05, 0) is 26.7 Å². The first-order chi connectivity index (χ1) is 5.26. The van der Waals surface area contributed by atoms with Crippen LogP contribution in [0.15, 0.2) is 10.2 Å². The Balaban J connectivity index is 2.36. The average Bonchev–Trinajstić information content (AvgIpc) is 2.56. The minimum Gasteiger partial charge on any atom is -0.159 e. The van der Waals surface area contributed by atoms with E-state index in [1.165, 1.54) is 37.1 Å². The summed E-state index contributed by atoms with van der Waals surface area (Å²) in [6.45, 7) is 4.23. The Morgan fingerprint density at radius 2 is 1.45 bits per heavy atom. The van der Waals surface area contributed by atoms with Gasteiger partial charge in [0.2, 0.25) is 0 Å². The van der Waals surface area contributed by atoms with E-state index in [4.69, 9.17) is 0 Å². The standard InChI is InChI=1S/C9H14N2/c1-7-9(5-3-4-6-9)8(2)11-10-7/h3-6H2,1-2H3. The minimum absolute atomic E-state index is 0.306. The van der Waals surface area contributed by atoms with E-state index in [0.717, 1.165) is 0 Å². The molecule has 0 atom stereocenters. The van der Waals surface area contributed by atoms with Crippen molar-refractivity contribution in [3.8, 4) is 0 Å². The highest BCUT2D eigenvalue weighted by molar-refractivity contribution is 6.12. The third kappa shape index (κ3) is 0.784. The Morgan fingerprint density at radius 1 is 1.00 bits per heavy atom. The molecule has 0 aromatic heterocycles. The molecule has 1 fully saturated rings. The Hall–Kier alpha value is -0.660. The molecule has 2 nitrogen and oxygen atoms in total. The molecule has 2 heteroatoms. The Kier molecular flexibility index (Phi) is 1.38. The maximum Gasteiger partial charge on any atom is 0.0501 e. The molecule has 0 saturated heterocycles. The molecule has 60 valence electrons. The molecule has 0 radical (unpaired) electrons. The molecule has 0 aromatic carbocycles. The second-order valence-corrected chi connectivity index (χ2v) is 3.66. The van der Waals surface area contributed by atoms with Gasteiger partial charge in [-0.3, -0.25) is 0 Å². The summed E-state index contributed by atoms with van der Waals surface area (Å²) in [5.41, 5.74) is 2.79. The minimum atomic E-state index is 0.306. The van der Waals surface area contributed by atoms with Gasteiger partial charge >= 0.3 is 0 Å². The van der Waals surface area contributed by atoms with Gasteiger partial charge in [0, 0.05) is 11.4 Å². The first-order valence-corrected chi connectivity index (χ1v) is 4.35. The second-order valence-electron chi connectivity index (χ2n) is 3.66. The zero-order valence-corrected chi connectivity index (χ0v) is 7.22. The average molecular weight is 150 g/mol. The monoisotopic (exact) mass is 150 g/mol. The van der Waals surface area contributed by atoms with Gasteiger partial charge in [0.1, 0.15) is 0 Å². The van der Waals surface area contributed by atoms with Gasteiger partial charge in [-0.1, -0.05) is 12.8 Å². The third-order valence-electron chi connectivity index (χ3n) is 3.19. The van der Waals surface area contributed by atoms with Crippen LogP contribution in [0.25, 0.3) is 0 Å². The number of hydrogen-bond acceptors (Lipinski definition) is 2. The van der Waals surface area contributed by atoms with Gasteiger partial charge in [-0.2, -0.15) is 10.2 Å². The normalized spacial score (nSPS) is 27.5. The topological polar surface area (TPSA) is 24.7 Å². The Labute approximate surface area is 67.4 Å². The lowest BCUT2D eigenvalue weighted by Crippen LogP contribution is -2.29. The molecule has 1 aliphatic carbocycles. The van der Waals surface area contributed by atoms with E-state index in [0.29, 0.717) is 5.41 Å². The highest BCUT2D eigenvalue weighted by Crippen LogP contribution is 2.43. The maximum atomic E-state index is 4.16. The van der Waals surface area contributed by atoms with Crippen molar-refractivity contribution in [3.05, 3.63) is 0 Å². The van der Waals surface area contributed by atoms with Crippen molar-refractivity contribution in [1.29, 1.82) is 0 Å². The molecule has 1 saturated carbocycles. The van der Waals surface area contributed by atoms with Gasteiger partial charge < -0.3 is 0 Å². The SMILES string of the molecule is CC1=NN=C(C)C12CCCC2. The first kappa shape index (κ1) is 7.01. The van der Waals surface area contributed by atoms with Crippen LogP contribution in [0.1, 0.15) is 39.5 Å². The first-order valence-electron chi connectivity index (χ1n) is 4.35. The lowest BCUT2D eigenvalue weighted by molar-refractivity contribution is 0.606. The van der Waals surface area contributed by atoms with Crippen molar-refractivity contribution in [3.63, 3.8) is 0 Å². The zero-order valence-electron chi connectivity index (χ0n) is 7.22. The number of rotatable bonds is 0. The van der Waals surface area contributed by atoms with Crippen LogP contribution in [-0.4, -0.2) is 11.4 Å². The zero-order chi connectivity index (χ0) is 7.90. The predicted octanol–water partition coefficient (Wildman–Crippen LogP) is 2.40. The van der Waals surface area contributed by atoms with Crippen LogP contribution < -0.4 is 0 Å². The van der Waals surface area contributed by atoms with Gasteiger partial charge in [0.25, 0.3) is 0 Å². The molecule has 0 bridgehead atoms. The third-order valence-corrected chi connectivity index (χ3v) is 3.19. The van der Waals surface area contributed by atoms with Crippen LogP contribution in [0.2, 0.25) is 0 Å². The van der Waals surface area contributed by atoms with Crippen LogP contribution in [0.5, 0.6) is 0 Å². The quantitative estimate of drug-likeness (QED) is 0.506. The molecule has 0 N–H and O–H groups in total. The van der Waals surface area contributed by atoms with Gasteiger partial charge in [0.15, 0.2) is 0 Å². The molecular formula is C9H14N2. The number of hydrogen-bond donors (Lipinski definition) is 0.